The van der Waals surface area contributed by atoms with Crippen molar-refractivity contribution < 1.29 is 18.9 Å². The van der Waals surface area contributed by atoms with Crippen LogP contribution in [0.5, 0.6) is 11.5 Å². The maximum Gasteiger partial charge on any atom is 0.163 e. The fourth-order valence-corrected chi connectivity index (χ4v) is 2.56. The summed E-state index contributed by atoms with van der Waals surface area (Å²) in [6, 6.07) is 17.2. The van der Waals surface area contributed by atoms with E-state index in [0.717, 1.165) is 5.56 Å². The highest BCUT2D eigenvalue weighted by molar-refractivity contribution is 5.46. The van der Waals surface area contributed by atoms with Crippen LogP contribution in [0.3, 0.4) is 0 Å². The molecule has 0 spiro atoms. The monoisotopic (exact) mass is 325 g/mol. The van der Waals surface area contributed by atoms with Gasteiger partial charge < -0.3 is 18.9 Å². The van der Waals surface area contributed by atoms with Gasteiger partial charge in [-0.25, -0.2) is 0 Å². The Hall–Kier alpha value is -2.55. The zero-order valence-electron chi connectivity index (χ0n) is 13.5. The Labute approximate surface area is 141 Å². The summed E-state index contributed by atoms with van der Waals surface area (Å²) in [5.74, 6) is 1.11. The number of ether oxygens (including phenoxy) is 4. The molecule has 1 fully saturated rings. The van der Waals surface area contributed by atoms with Crippen LogP contribution >= 0.6 is 0 Å². The summed E-state index contributed by atoms with van der Waals surface area (Å²) < 4.78 is 22.8. The minimum Gasteiger partial charge on any atom is -0.493 e. The zero-order valence-corrected chi connectivity index (χ0v) is 13.5. The van der Waals surface area contributed by atoms with Gasteiger partial charge >= 0.3 is 0 Å². The smallest absolute Gasteiger partial charge is 0.163 e. The van der Waals surface area contributed by atoms with E-state index in [1.807, 2.05) is 30.3 Å². The second-order valence-corrected chi connectivity index (χ2v) is 5.51. The molecule has 5 nitrogen and oxygen atoms in total. The van der Waals surface area contributed by atoms with Gasteiger partial charge in [-0.15, -0.1) is 0 Å². The zero-order chi connectivity index (χ0) is 16.8. The predicted octanol–water partition coefficient (Wildman–Crippen LogP) is 2.93. The summed E-state index contributed by atoms with van der Waals surface area (Å²) in [7, 11) is 1.57. The van der Waals surface area contributed by atoms with Gasteiger partial charge in [0.25, 0.3) is 0 Å². The third-order valence-electron chi connectivity index (χ3n) is 3.86. The number of benzene rings is 2. The Morgan fingerprint density at radius 1 is 1.08 bits per heavy atom. The topological polar surface area (TPSA) is 60.7 Å². The lowest BCUT2D eigenvalue weighted by Crippen LogP contribution is -2.32. The van der Waals surface area contributed by atoms with Gasteiger partial charge in [-0.2, -0.15) is 5.26 Å². The Kier molecular flexibility index (Phi) is 5.32. The lowest BCUT2D eigenvalue weighted by molar-refractivity contribution is -0.0107. The van der Waals surface area contributed by atoms with Gasteiger partial charge in [-0.1, -0.05) is 30.3 Å². The quantitative estimate of drug-likeness (QED) is 0.817. The Morgan fingerprint density at radius 2 is 1.88 bits per heavy atom. The molecule has 124 valence electrons. The first-order chi connectivity index (χ1) is 11.8. The average Bonchev–Trinajstić information content (AvgIpc) is 3.08. The fraction of sp³-hybridized carbons (Fsp3) is 0.316. The van der Waals surface area contributed by atoms with Crippen LogP contribution in [-0.2, 0) is 16.1 Å². The van der Waals surface area contributed by atoms with Crippen LogP contribution in [0.4, 0.5) is 0 Å². The molecule has 0 N–H and O–H groups in total. The molecule has 2 aromatic carbocycles. The normalized spacial score (nSPS) is 19.7. The van der Waals surface area contributed by atoms with Crippen LogP contribution in [0, 0.1) is 11.3 Å². The highest BCUT2D eigenvalue weighted by atomic mass is 16.6. The second kappa shape index (κ2) is 7.82. The Balaban J connectivity index is 1.67. The number of rotatable bonds is 6. The van der Waals surface area contributed by atoms with E-state index < -0.39 is 0 Å². The van der Waals surface area contributed by atoms with Crippen molar-refractivity contribution in [2.24, 2.45) is 0 Å². The van der Waals surface area contributed by atoms with Crippen LogP contribution < -0.4 is 9.47 Å². The first kappa shape index (κ1) is 16.3. The molecule has 0 bridgehead atoms. The molecule has 1 saturated heterocycles. The third kappa shape index (κ3) is 3.85. The lowest BCUT2D eigenvalue weighted by atomic mass is 10.2. The molecule has 1 aliphatic rings. The van der Waals surface area contributed by atoms with Crippen molar-refractivity contribution in [2.75, 3.05) is 20.3 Å². The molecule has 1 heterocycles. The molecule has 5 heteroatoms. The van der Waals surface area contributed by atoms with Crippen molar-refractivity contribution >= 4 is 0 Å². The number of methoxy groups -OCH3 is 1. The summed E-state index contributed by atoms with van der Waals surface area (Å²) in [5, 5.41) is 9.05. The standard InChI is InChI=1S/C19H19NO4/c1-21-16-8-7-15(10-20)9-17(16)24-19-13-22-12-18(19)23-11-14-5-3-2-4-6-14/h2-9,18-19H,11-13H2,1H3. The highest BCUT2D eigenvalue weighted by Crippen LogP contribution is 2.30. The van der Waals surface area contributed by atoms with Crippen molar-refractivity contribution in [2.45, 2.75) is 18.8 Å². The summed E-state index contributed by atoms with van der Waals surface area (Å²) in [6.45, 7) is 1.43. The molecule has 0 radical (unpaired) electrons. The van der Waals surface area contributed by atoms with E-state index in [0.29, 0.717) is 36.9 Å². The van der Waals surface area contributed by atoms with Gasteiger partial charge in [0.2, 0.25) is 0 Å². The lowest BCUT2D eigenvalue weighted by Gasteiger charge is -2.21. The van der Waals surface area contributed by atoms with Crippen LogP contribution in [0.2, 0.25) is 0 Å². The molecule has 0 saturated carbocycles. The van der Waals surface area contributed by atoms with E-state index in [4.69, 9.17) is 24.2 Å². The molecule has 0 aromatic heterocycles. The van der Waals surface area contributed by atoms with Gasteiger partial charge in [0.1, 0.15) is 6.10 Å². The molecule has 2 aromatic rings. The molecule has 2 atom stereocenters. The number of hydrogen-bond donors (Lipinski definition) is 0. The Bertz CT molecular complexity index is 711. The SMILES string of the molecule is COc1ccc(C#N)cc1OC1COCC1OCc1ccccc1. The molecule has 24 heavy (non-hydrogen) atoms. The van der Waals surface area contributed by atoms with Crippen molar-refractivity contribution in [1.82, 2.24) is 0 Å². The van der Waals surface area contributed by atoms with Gasteiger partial charge in [0.15, 0.2) is 17.6 Å². The Morgan fingerprint density at radius 3 is 2.62 bits per heavy atom. The van der Waals surface area contributed by atoms with Crippen molar-refractivity contribution in [1.29, 1.82) is 5.26 Å². The maximum absolute atomic E-state index is 9.05. The van der Waals surface area contributed by atoms with Crippen molar-refractivity contribution in [3.8, 4) is 17.6 Å². The number of nitrogens with zero attached hydrogens (tertiary/aromatic N) is 1. The van der Waals surface area contributed by atoms with Crippen molar-refractivity contribution in [3.63, 3.8) is 0 Å². The van der Waals surface area contributed by atoms with Gasteiger partial charge in [-0.3, -0.25) is 0 Å². The summed E-state index contributed by atoms with van der Waals surface area (Å²) in [4.78, 5) is 0. The van der Waals surface area contributed by atoms with Crippen LogP contribution in [-0.4, -0.2) is 32.5 Å². The van der Waals surface area contributed by atoms with Gasteiger partial charge in [0, 0.05) is 6.07 Å². The van der Waals surface area contributed by atoms with E-state index >= 15 is 0 Å². The van der Waals surface area contributed by atoms with Crippen molar-refractivity contribution in [3.05, 3.63) is 59.7 Å². The average molecular weight is 325 g/mol. The number of nitriles is 1. The van der Waals surface area contributed by atoms with Gasteiger partial charge in [0.05, 0.1) is 38.6 Å². The third-order valence-corrected chi connectivity index (χ3v) is 3.86. The van der Waals surface area contributed by atoms with E-state index in [2.05, 4.69) is 6.07 Å². The molecular weight excluding hydrogens is 306 g/mol. The molecular formula is C19H19NO4. The molecule has 0 amide bonds. The van der Waals surface area contributed by atoms with Crippen LogP contribution in [0.25, 0.3) is 0 Å². The summed E-state index contributed by atoms with van der Waals surface area (Å²) >= 11 is 0. The fourth-order valence-electron chi connectivity index (χ4n) is 2.56. The van der Waals surface area contributed by atoms with E-state index in [1.54, 1.807) is 25.3 Å². The minimum atomic E-state index is -0.239. The highest BCUT2D eigenvalue weighted by Gasteiger charge is 2.31. The van der Waals surface area contributed by atoms with E-state index in [-0.39, 0.29) is 12.2 Å². The first-order valence-corrected chi connectivity index (χ1v) is 7.78. The minimum absolute atomic E-state index is 0.166. The second-order valence-electron chi connectivity index (χ2n) is 5.51. The van der Waals surface area contributed by atoms with Crippen LogP contribution in [0.1, 0.15) is 11.1 Å². The molecule has 3 rings (SSSR count). The number of hydrogen-bond acceptors (Lipinski definition) is 5. The molecule has 0 aliphatic carbocycles. The van der Waals surface area contributed by atoms with Gasteiger partial charge in [-0.05, 0) is 17.7 Å². The molecule has 2 unspecified atom stereocenters. The first-order valence-electron chi connectivity index (χ1n) is 7.78. The summed E-state index contributed by atoms with van der Waals surface area (Å²) in [5.41, 5.74) is 1.62. The van der Waals surface area contributed by atoms with E-state index in [9.17, 15) is 0 Å². The largest absolute Gasteiger partial charge is 0.493 e. The van der Waals surface area contributed by atoms with Crippen LogP contribution in [0.15, 0.2) is 48.5 Å². The predicted molar refractivity (Wildman–Crippen MR) is 88.0 cm³/mol. The van der Waals surface area contributed by atoms with E-state index in [1.165, 1.54) is 0 Å². The molecule has 1 aliphatic heterocycles. The maximum atomic E-state index is 9.05. The summed E-state index contributed by atoms with van der Waals surface area (Å²) in [6.07, 6.45) is -0.405.